The normalized spacial score (nSPS) is 11.7. The van der Waals surface area contributed by atoms with E-state index in [2.05, 4.69) is 0 Å². The molecule has 0 saturated heterocycles. The molecule has 0 atom stereocenters. The first-order chi connectivity index (χ1) is 10.9. The van der Waals surface area contributed by atoms with Crippen molar-refractivity contribution in [1.82, 2.24) is 4.31 Å². The molecule has 2 aromatic rings. The number of sulfonamides is 1. The molecule has 6 heteroatoms. The van der Waals surface area contributed by atoms with Gasteiger partial charge in [-0.15, -0.1) is 0 Å². The van der Waals surface area contributed by atoms with Gasteiger partial charge in [0.05, 0.1) is 16.5 Å². The quantitative estimate of drug-likeness (QED) is 0.831. The van der Waals surface area contributed by atoms with Crippen LogP contribution < -0.4 is 0 Å². The summed E-state index contributed by atoms with van der Waals surface area (Å²) in [5, 5.41) is 9.39. The van der Waals surface area contributed by atoms with E-state index in [1.165, 1.54) is 35.6 Å². The first kappa shape index (κ1) is 17.2. The summed E-state index contributed by atoms with van der Waals surface area (Å²) in [4.78, 5) is 0.162. The second-order valence-electron chi connectivity index (χ2n) is 4.88. The molecule has 118 valence electrons. The standard InChI is InChI=1S/C17H15ClN2O2S/c1-20(11-3-5-14-4-2-6-16(18)12-14)23(21,22)17-9-7-15(13-19)8-10-17/h2-10,12H,11H2,1H3. The molecule has 0 bridgehead atoms. The predicted octanol–water partition coefficient (Wildman–Crippen LogP) is 3.55. The second-order valence-corrected chi connectivity index (χ2v) is 7.36. The Labute approximate surface area is 141 Å². The summed E-state index contributed by atoms with van der Waals surface area (Å²) in [5.74, 6) is 0. The molecule has 0 aliphatic heterocycles. The fourth-order valence-corrected chi connectivity index (χ4v) is 3.25. The minimum absolute atomic E-state index is 0.162. The molecule has 2 rings (SSSR count). The number of hydrogen-bond donors (Lipinski definition) is 0. The van der Waals surface area contributed by atoms with Crippen LogP contribution in [0.25, 0.3) is 6.08 Å². The first-order valence-electron chi connectivity index (χ1n) is 6.82. The van der Waals surface area contributed by atoms with Crippen LogP contribution in [0, 0.1) is 11.3 Å². The summed E-state index contributed by atoms with van der Waals surface area (Å²) < 4.78 is 26.1. The Kier molecular flexibility index (Phi) is 5.56. The van der Waals surface area contributed by atoms with E-state index >= 15 is 0 Å². The lowest BCUT2D eigenvalue weighted by Crippen LogP contribution is -2.27. The number of nitrogens with zero attached hydrogens (tertiary/aromatic N) is 2. The van der Waals surface area contributed by atoms with Crippen molar-refractivity contribution in [3.8, 4) is 6.07 Å². The van der Waals surface area contributed by atoms with Crippen molar-refractivity contribution < 1.29 is 8.42 Å². The molecule has 23 heavy (non-hydrogen) atoms. The maximum atomic E-state index is 12.4. The molecule has 0 aliphatic rings. The first-order valence-corrected chi connectivity index (χ1v) is 8.64. The van der Waals surface area contributed by atoms with E-state index in [1.54, 1.807) is 18.2 Å². The summed E-state index contributed by atoms with van der Waals surface area (Å²) in [6.45, 7) is 0.231. The van der Waals surface area contributed by atoms with Gasteiger partial charge in [-0.1, -0.05) is 35.9 Å². The third kappa shape index (κ3) is 4.42. The summed E-state index contributed by atoms with van der Waals surface area (Å²) in [6, 6.07) is 15.1. The topological polar surface area (TPSA) is 61.2 Å². The molecule has 0 N–H and O–H groups in total. The zero-order valence-electron chi connectivity index (χ0n) is 12.5. The van der Waals surface area contributed by atoms with Crippen LogP contribution in [0.3, 0.4) is 0 Å². The molecule has 0 heterocycles. The van der Waals surface area contributed by atoms with Crippen molar-refractivity contribution in [2.45, 2.75) is 4.90 Å². The van der Waals surface area contributed by atoms with E-state index in [0.29, 0.717) is 10.6 Å². The molecule has 0 fully saturated rings. The number of likely N-dealkylation sites (N-methyl/N-ethyl adjacent to an activating group) is 1. The lowest BCUT2D eigenvalue weighted by molar-refractivity contribution is 0.499. The monoisotopic (exact) mass is 346 g/mol. The van der Waals surface area contributed by atoms with Gasteiger partial charge in [0.25, 0.3) is 0 Å². The maximum absolute atomic E-state index is 12.4. The molecular formula is C17H15ClN2O2S. The Balaban J connectivity index is 2.09. The number of benzene rings is 2. The van der Waals surface area contributed by atoms with Crippen molar-refractivity contribution in [2.75, 3.05) is 13.6 Å². The second kappa shape index (κ2) is 7.42. The highest BCUT2D eigenvalue weighted by Crippen LogP contribution is 2.16. The average Bonchev–Trinajstić information content (AvgIpc) is 2.55. The van der Waals surface area contributed by atoms with E-state index in [0.717, 1.165) is 5.56 Å². The van der Waals surface area contributed by atoms with Crippen LogP contribution >= 0.6 is 11.6 Å². The smallest absolute Gasteiger partial charge is 0.207 e. The fourth-order valence-electron chi connectivity index (χ4n) is 1.93. The molecule has 4 nitrogen and oxygen atoms in total. The van der Waals surface area contributed by atoms with Gasteiger partial charge in [-0.05, 0) is 42.0 Å². The Morgan fingerprint density at radius 2 is 1.91 bits per heavy atom. The zero-order chi connectivity index (χ0) is 16.9. The van der Waals surface area contributed by atoms with Gasteiger partial charge < -0.3 is 0 Å². The molecule has 0 aromatic heterocycles. The van der Waals surface area contributed by atoms with Crippen LogP contribution in [0.15, 0.2) is 59.5 Å². The van der Waals surface area contributed by atoms with Crippen molar-refractivity contribution in [2.24, 2.45) is 0 Å². The summed E-state index contributed by atoms with van der Waals surface area (Å²) >= 11 is 5.90. The van der Waals surface area contributed by atoms with Gasteiger partial charge in [0.15, 0.2) is 0 Å². The SMILES string of the molecule is CN(CC=Cc1cccc(Cl)c1)S(=O)(=O)c1ccc(C#N)cc1. The number of nitriles is 1. The van der Waals surface area contributed by atoms with E-state index in [9.17, 15) is 8.42 Å². The minimum atomic E-state index is -3.58. The third-order valence-corrected chi connectivity index (χ3v) is 5.29. The Morgan fingerprint density at radius 1 is 1.22 bits per heavy atom. The molecule has 2 aromatic carbocycles. The van der Waals surface area contributed by atoms with Gasteiger partial charge in [0, 0.05) is 18.6 Å². The van der Waals surface area contributed by atoms with Gasteiger partial charge in [-0.25, -0.2) is 8.42 Å². The van der Waals surface area contributed by atoms with Crippen molar-refractivity contribution in [3.05, 3.63) is 70.8 Å². The van der Waals surface area contributed by atoms with Crippen LogP contribution in [0.1, 0.15) is 11.1 Å². The molecular weight excluding hydrogens is 332 g/mol. The Morgan fingerprint density at radius 3 is 2.52 bits per heavy atom. The molecule has 0 radical (unpaired) electrons. The lowest BCUT2D eigenvalue weighted by atomic mass is 10.2. The van der Waals surface area contributed by atoms with Gasteiger partial charge >= 0.3 is 0 Å². The van der Waals surface area contributed by atoms with E-state index in [4.69, 9.17) is 16.9 Å². The third-order valence-electron chi connectivity index (χ3n) is 3.21. The van der Waals surface area contributed by atoms with Crippen molar-refractivity contribution in [3.63, 3.8) is 0 Å². The minimum Gasteiger partial charge on any atom is -0.207 e. The lowest BCUT2D eigenvalue weighted by Gasteiger charge is -2.15. The number of hydrogen-bond acceptors (Lipinski definition) is 3. The molecule has 0 spiro atoms. The van der Waals surface area contributed by atoms with Gasteiger partial charge in [-0.2, -0.15) is 9.57 Å². The van der Waals surface area contributed by atoms with E-state index in [1.807, 2.05) is 24.3 Å². The molecule has 0 aliphatic carbocycles. The Bertz CT molecular complexity index is 853. The van der Waals surface area contributed by atoms with Crippen LogP contribution in [-0.4, -0.2) is 26.3 Å². The van der Waals surface area contributed by atoms with Crippen LogP contribution in [0.2, 0.25) is 5.02 Å². The summed E-state index contributed by atoms with van der Waals surface area (Å²) in [5.41, 5.74) is 1.33. The number of halogens is 1. The molecule has 0 amide bonds. The highest BCUT2D eigenvalue weighted by atomic mass is 35.5. The average molecular weight is 347 g/mol. The summed E-state index contributed by atoms with van der Waals surface area (Å²) in [7, 11) is -2.07. The maximum Gasteiger partial charge on any atom is 0.243 e. The molecule has 0 unspecified atom stereocenters. The van der Waals surface area contributed by atoms with Crippen LogP contribution in [0.5, 0.6) is 0 Å². The van der Waals surface area contributed by atoms with Crippen LogP contribution in [0.4, 0.5) is 0 Å². The highest BCUT2D eigenvalue weighted by Gasteiger charge is 2.19. The highest BCUT2D eigenvalue weighted by molar-refractivity contribution is 7.89. The largest absolute Gasteiger partial charge is 0.243 e. The predicted molar refractivity (Wildman–Crippen MR) is 91.5 cm³/mol. The number of rotatable bonds is 5. The van der Waals surface area contributed by atoms with Crippen LogP contribution in [-0.2, 0) is 10.0 Å². The van der Waals surface area contributed by atoms with Gasteiger partial charge in [0.1, 0.15) is 0 Å². The van der Waals surface area contributed by atoms with Gasteiger partial charge in [0.2, 0.25) is 10.0 Å². The van der Waals surface area contributed by atoms with Crippen molar-refractivity contribution >= 4 is 27.7 Å². The van der Waals surface area contributed by atoms with Gasteiger partial charge in [-0.3, -0.25) is 0 Å². The zero-order valence-corrected chi connectivity index (χ0v) is 14.1. The van der Waals surface area contributed by atoms with E-state index < -0.39 is 10.0 Å². The fraction of sp³-hybridized carbons (Fsp3) is 0.118. The summed E-state index contributed by atoms with van der Waals surface area (Å²) in [6.07, 6.45) is 3.57. The van der Waals surface area contributed by atoms with E-state index in [-0.39, 0.29) is 11.4 Å². The van der Waals surface area contributed by atoms with Crippen molar-refractivity contribution in [1.29, 1.82) is 5.26 Å². The molecule has 0 saturated carbocycles. The Hall–Kier alpha value is -2.13.